The van der Waals surface area contributed by atoms with Gasteiger partial charge < -0.3 is 4.90 Å². The third-order valence-corrected chi connectivity index (χ3v) is 6.94. The highest BCUT2D eigenvalue weighted by Gasteiger charge is 2.22. The van der Waals surface area contributed by atoms with Crippen LogP contribution in [-0.4, -0.2) is 47.5 Å². The minimum absolute atomic E-state index is 0.0570. The lowest BCUT2D eigenvalue weighted by molar-refractivity contribution is -0.130. The summed E-state index contributed by atoms with van der Waals surface area (Å²) in [6, 6.07) is 3.81. The minimum atomic E-state index is -3.81. The van der Waals surface area contributed by atoms with E-state index in [1.807, 2.05) is 6.92 Å². The van der Waals surface area contributed by atoms with Crippen LogP contribution >= 0.6 is 0 Å². The average Bonchev–Trinajstić information content (AvgIpc) is 3.23. The highest BCUT2D eigenvalue weighted by Crippen LogP contribution is 2.16. The summed E-state index contributed by atoms with van der Waals surface area (Å²) in [6.07, 6.45) is 2.42. The fraction of sp³-hybridized carbons (Fsp3) is 0.526. The first-order valence-electron chi connectivity index (χ1n) is 9.69. The molecule has 1 amide bonds. The first-order chi connectivity index (χ1) is 13.7. The van der Waals surface area contributed by atoms with Crippen molar-refractivity contribution in [1.29, 1.82) is 0 Å². The zero-order valence-corrected chi connectivity index (χ0v) is 17.7. The SMILES string of the molecule is CC[C@H](C)NS(=O)(=O)c1ccc2c(c1)c(=O)n(CC(=O)N1CCCC1)c(=O)n2C. The number of rotatable bonds is 6. The van der Waals surface area contributed by atoms with Gasteiger partial charge in [-0.2, -0.15) is 0 Å². The van der Waals surface area contributed by atoms with Gasteiger partial charge >= 0.3 is 5.69 Å². The molecule has 0 radical (unpaired) electrons. The number of hydrogen-bond donors (Lipinski definition) is 1. The van der Waals surface area contributed by atoms with Gasteiger partial charge in [-0.05, 0) is 44.4 Å². The summed E-state index contributed by atoms with van der Waals surface area (Å²) >= 11 is 0. The quantitative estimate of drug-likeness (QED) is 0.725. The Morgan fingerprint density at radius 1 is 1.21 bits per heavy atom. The molecule has 2 aromatic rings. The fourth-order valence-electron chi connectivity index (χ4n) is 3.42. The van der Waals surface area contributed by atoms with Crippen molar-refractivity contribution < 1.29 is 13.2 Å². The van der Waals surface area contributed by atoms with Gasteiger partial charge in [0.25, 0.3) is 5.56 Å². The third kappa shape index (κ3) is 4.13. The Labute approximate surface area is 169 Å². The molecule has 0 unspecified atom stereocenters. The van der Waals surface area contributed by atoms with E-state index in [1.54, 1.807) is 11.8 Å². The lowest BCUT2D eigenvalue weighted by Crippen LogP contribution is -2.44. The maximum Gasteiger partial charge on any atom is 0.331 e. The maximum absolute atomic E-state index is 13.0. The van der Waals surface area contributed by atoms with Crippen LogP contribution in [0.4, 0.5) is 0 Å². The lowest BCUT2D eigenvalue weighted by atomic mass is 10.2. The van der Waals surface area contributed by atoms with Crippen LogP contribution in [0.15, 0.2) is 32.7 Å². The number of carbonyl (C=O) groups excluding carboxylic acids is 1. The first-order valence-corrected chi connectivity index (χ1v) is 11.2. The van der Waals surface area contributed by atoms with Crippen LogP contribution in [0.3, 0.4) is 0 Å². The molecule has 9 nitrogen and oxygen atoms in total. The number of aromatic nitrogens is 2. The Balaban J connectivity index is 2.09. The molecule has 1 aromatic carbocycles. The van der Waals surface area contributed by atoms with Gasteiger partial charge in [0, 0.05) is 26.2 Å². The molecule has 1 aliphatic heterocycles. The van der Waals surface area contributed by atoms with Gasteiger partial charge in [-0.1, -0.05) is 6.92 Å². The van der Waals surface area contributed by atoms with Crippen molar-refractivity contribution >= 4 is 26.8 Å². The normalized spacial score (nSPS) is 15.8. The molecule has 1 fully saturated rings. The number of fused-ring (bicyclic) bond motifs is 1. The van der Waals surface area contributed by atoms with Crippen molar-refractivity contribution in [2.24, 2.45) is 7.05 Å². The third-order valence-electron chi connectivity index (χ3n) is 5.35. The minimum Gasteiger partial charge on any atom is -0.341 e. The largest absolute Gasteiger partial charge is 0.341 e. The first kappa shape index (κ1) is 21.3. The number of hydrogen-bond acceptors (Lipinski definition) is 5. The molecular weight excluding hydrogens is 396 g/mol. The molecule has 0 saturated carbocycles. The Hall–Kier alpha value is -2.46. The smallest absolute Gasteiger partial charge is 0.331 e. The van der Waals surface area contributed by atoms with Gasteiger partial charge in [-0.25, -0.2) is 17.9 Å². The Morgan fingerprint density at radius 2 is 1.86 bits per heavy atom. The highest BCUT2D eigenvalue weighted by molar-refractivity contribution is 7.89. The Bertz CT molecular complexity index is 1160. The van der Waals surface area contributed by atoms with Crippen molar-refractivity contribution in [1.82, 2.24) is 18.8 Å². The van der Waals surface area contributed by atoms with E-state index in [0.29, 0.717) is 25.0 Å². The van der Waals surface area contributed by atoms with Crippen LogP contribution in [0, 0.1) is 0 Å². The van der Waals surface area contributed by atoms with Gasteiger partial charge in [-0.15, -0.1) is 0 Å². The van der Waals surface area contributed by atoms with Gasteiger partial charge in [0.2, 0.25) is 15.9 Å². The van der Waals surface area contributed by atoms with E-state index in [0.717, 1.165) is 17.4 Å². The molecule has 10 heteroatoms. The number of amides is 1. The molecular formula is C19H26N4O5S. The molecule has 0 aliphatic carbocycles. The molecule has 158 valence electrons. The number of sulfonamides is 1. The predicted octanol–water partition coefficient (Wildman–Crippen LogP) is 0.399. The van der Waals surface area contributed by atoms with Crippen LogP contribution in [0.5, 0.6) is 0 Å². The van der Waals surface area contributed by atoms with Crippen LogP contribution < -0.4 is 16.0 Å². The second-order valence-electron chi connectivity index (χ2n) is 7.43. The molecule has 2 heterocycles. The number of likely N-dealkylation sites (tertiary alicyclic amines) is 1. The number of benzene rings is 1. The molecule has 0 spiro atoms. The van der Waals surface area contributed by atoms with Gasteiger partial charge in [0.15, 0.2) is 0 Å². The summed E-state index contributed by atoms with van der Waals surface area (Å²) in [6.45, 7) is 4.48. The van der Waals surface area contributed by atoms with Crippen molar-refractivity contribution in [2.45, 2.75) is 50.6 Å². The van der Waals surface area contributed by atoms with Crippen molar-refractivity contribution in [3.8, 4) is 0 Å². The van der Waals surface area contributed by atoms with E-state index in [9.17, 15) is 22.8 Å². The zero-order chi connectivity index (χ0) is 21.3. The summed E-state index contributed by atoms with van der Waals surface area (Å²) < 4.78 is 29.9. The number of aryl methyl sites for hydroxylation is 1. The fourth-order valence-corrected chi connectivity index (χ4v) is 4.77. The topological polar surface area (TPSA) is 110 Å². The van der Waals surface area contributed by atoms with Crippen LogP contribution in [0.2, 0.25) is 0 Å². The Morgan fingerprint density at radius 3 is 2.48 bits per heavy atom. The van der Waals surface area contributed by atoms with Crippen molar-refractivity contribution in [2.75, 3.05) is 13.1 Å². The van der Waals surface area contributed by atoms with Crippen molar-refractivity contribution in [3.63, 3.8) is 0 Å². The highest BCUT2D eigenvalue weighted by atomic mass is 32.2. The molecule has 0 bridgehead atoms. The Kier molecular flexibility index (Phi) is 5.95. The van der Waals surface area contributed by atoms with E-state index >= 15 is 0 Å². The molecule has 1 aromatic heterocycles. The van der Waals surface area contributed by atoms with E-state index in [-0.39, 0.29) is 28.8 Å². The average molecular weight is 423 g/mol. The number of nitrogens with zero attached hydrogens (tertiary/aromatic N) is 3. The lowest BCUT2D eigenvalue weighted by Gasteiger charge is -2.17. The van der Waals surface area contributed by atoms with Gasteiger partial charge in [0.05, 0.1) is 15.8 Å². The summed E-state index contributed by atoms with van der Waals surface area (Å²) in [5.41, 5.74) is -0.966. The summed E-state index contributed by atoms with van der Waals surface area (Å²) in [7, 11) is -2.32. The van der Waals surface area contributed by atoms with Crippen LogP contribution in [0.25, 0.3) is 10.9 Å². The number of carbonyl (C=O) groups is 1. The van der Waals surface area contributed by atoms with Crippen LogP contribution in [-0.2, 0) is 28.4 Å². The van der Waals surface area contributed by atoms with E-state index < -0.39 is 21.3 Å². The second kappa shape index (κ2) is 8.11. The molecule has 1 aliphatic rings. The molecule has 1 saturated heterocycles. The van der Waals surface area contributed by atoms with Gasteiger partial charge in [0.1, 0.15) is 6.54 Å². The predicted molar refractivity (Wildman–Crippen MR) is 109 cm³/mol. The molecule has 1 N–H and O–H groups in total. The number of nitrogens with one attached hydrogen (secondary N) is 1. The molecule has 29 heavy (non-hydrogen) atoms. The summed E-state index contributed by atoms with van der Waals surface area (Å²) in [5, 5.41) is 0.0772. The van der Waals surface area contributed by atoms with Crippen molar-refractivity contribution in [3.05, 3.63) is 39.0 Å². The second-order valence-corrected chi connectivity index (χ2v) is 9.14. The standard InChI is InChI=1S/C19H26N4O5S/c1-4-13(2)20-29(27,28)14-7-8-16-15(11-14)18(25)23(19(26)21(16)3)12-17(24)22-9-5-6-10-22/h7-8,11,13,20H,4-6,9-10,12H2,1-3H3/t13-/m0/s1. The summed E-state index contributed by atoms with van der Waals surface area (Å²) in [4.78, 5) is 39.7. The van der Waals surface area contributed by atoms with Crippen LogP contribution in [0.1, 0.15) is 33.1 Å². The molecule has 3 rings (SSSR count). The van der Waals surface area contributed by atoms with E-state index in [2.05, 4.69) is 4.72 Å². The van der Waals surface area contributed by atoms with E-state index in [1.165, 1.54) is 29.8 Å². The molecule has 1 atom stereocenters. The van der Waals surface area contributed by atoms with E-state index in [4.69, 9.17) is 0 Å². The van der Waals surface area contributed by atoms with Gasteiger partial charge in [-0.3, -0.25) is 18.7 Å². The summed E-state index contributed by atoms with van der Waals surface area (Å²) in [5.74, 6) is -0.289. The monoisotopic (exact) mass is 422 g/mol. The zero-order valence-electron chi connectivity index (χ0n) is 16.8. The maximum atomic E-state index is 13.0.